The van der Waals surface area contributed by atoms with Crippen molar-refractivity contribution in [1.29, 1.82) is 0 Å². The van der Waals surface area contributed by atoms with Crippen molar-refractivity contribution in [3.63, 3.8) is 0 Å². The first kappa shape index (κ1) is 17.0. The van der Waals surface area contributed by atoms with Gasteiger partial charge in [-0.2, -0.15) is 0 Å². The fourth-order valence-corrected chi connectivity index (χ4v) is 2.87. The molecule has 0 aromatic heterocycles. The second-order valence-electron chi connectivity index (χ2n) is 7.03. The smallest absolute Gasteiger partial charge is 0.344 e. The van der Waals surface area contributed by atoms with Gasteiger partial charge in [-0.15, -0.1) is 0 Å². The van der Waals surface area contributed by atoms with Crippen LogP contribution in [0, 0.1) is 0 Å². The molecule has 25 heavy (non-hydrogen) atoms. The maximum absolute atomic E-state index is 12.8. The largest absolute Gasteiger partial charge is 0.497 e. The number of ether oxygens (including phenoxy) is 2. The van der Waals surface area contributed by atoms with Gasteiger partial charge < -0.3 is 9.47 Å². The number of rotatable bonds is 3. The maximum Gasteiger partial charge on any atom is 0.344 e. The minimum Gasteiger partial charge on any atom is -0.497 e. The molecule has 0 bridgehead atoms. The lowest BCUT2D eigenvalue weighted by Crippen LogP contribution is -2.16. The summed E-state index contributed by atoms with van der Waals surface area (Å²) in [6.45, 7) is 6.24. The number of hydrogen-bond donors (Lipinski definition) is 0. The molecular weight excluding hydrogens is 312 g/mol. The van der Waals surface area contributed by atoms with Crippen LogP contribution in [-0.4, -0.2) is 13.1 Å². The zero-order chi connectivity index (χ0) is 18.0. The van der Waals surface area contributed by atoms with E-state index in [9.17, 15) is 4.79 Å². The van der Waals surface area contributed by atoms with Crippen molar-refractivity contribution in [3.05, 3.63) is 71.8 Å². The van der Waals surface area contributed by atoms with Gasteiger partial charge in [0.25, 0.3) is 0 Å². The Morgan fingerprint density at radius 2 is 1.64 bits per heavy atom. The van der Waals surface area contributed by atoms with Crippen LogP contribution in [-0.2, 0) is 5.41 Å². The van der Waals surface area contributed by atoms with E-state index in [1.54, 1.807) is 25.3 Å². The molecule has 0 heterocycles. The van der Waals surface area contributed by atoms with Crippen LogP contribution in [0.1, 0.15) is 36.7 Å². The first-order chi connectivity index (χ1) is 11.9. The Morgan fingerprint density at radius 3 is 2.36 bits per heavy atom. The lowest BCUT2D eigenvalue weighted by molar-refractivity contribution is 0.0734. The van der Waals surface area contributed by atoms with Gasteiger partial charge >= 0.3 is 5.97 Å². The van der Waals surface area contributed by atoms with Crippen LogP contribution in [0.4, 0.5) is 0 Å². The lowest BCUT2D eigenvalue weighted by atomic mass is 9.86. The molecule has 0 saturated carbocycles. The SMILES string of the molecule is COc1ccc(OC(=O)c2cccc3ccccc23)c(C(C)(C)C)c1. The lowest BCUT2D eigenvalue weighted by Gasteiger charge is -2.23. The normalized spacial score (nSPS) is 11.4. The molecule has 3 aromatic rings. The van der Waals surface area contributed by atoms with E-state index in [1.807, 2.05) is 42.5 Å². The number of carbonyl (C=O) groups excluding carboxylic acids is 1. The van der Waals surface area contributed by atoms with Gasteiger partial charge in [0.15, 0.2) is 0 Å². The third kappa shape index (κ3) is 3.50. The van der Waals surface area contributed by atoms with Crippen molar-refractivity contribution in [2.75, 3.05) is 7.11 Å². The van der Waals surface area contributed by atoms with Gasteiger partial charge in [-0.05, 0) is 40.5 Å². The number of esters is 1. The molecule has 3 heteroatoms. The molecule has 3 aromatic carbocycles. The number of benzene rings is 3. The van der Waals surface area contributed by atoms with Crippen LogP contribution in [0.5, 0.6) is 11.5 Å². The molecule has 0 saturated heterocycles. The van der Waals surface area contributed by atoms with E-state index in [1.165, 1.54) is 0 Å². The predicted octanol–water partition coefficient (Wildman–Crippen LogP) is 5.37. The fourth-order valence-electron chi connectivity index (χ4n) is 2.87. The molecule has 0 aliphatic rings. The molecule has 0 aliphatic heterocycles. The van der Waals surface area contributed by atoms with E-state index in [2.05, 4.69) is 20.8 Å². The fraction of sp³-hybridized carbons (Fsp3) is 0.227. The van der Waals surface area contributed by atoms with E-state index < -0.39 is 0 Å². The summed E-state index contributed by atoms with van der Waals surface area (Å²) < 4.78 is 11.1. The molecule has 3 rings (SSSR count). The van der Waals surface area contributed by atoms with Crippen molar-refractivity contribution in [2.24, 2.45) is 0 Å². The molecule has 3 nitrogen and oxygen atoms in total. The molecule has 0 atom stereocenters. The summed E-state index contributed by atoms with van der Waals surface area (Å²) in [5, 5.41) is 1.91. The topological polar surface area (TPSA) is 35.5 Å². The van der Waals surface area contributed by atoms with E-state index in [0.29, 0.717) is 11.3 Å². The molecule has 0 fully saturated rings. The van der Waals surface area contributed by atoms with Gasteiger partial charge in [-0.1, -0.05) is 57.2 Å². The number of hydrogen-bond acceptors (Lipinski definition) is 3. The zero-order valence-corrected chi connectivity index (χ0v) is 15.0. The predicted molar refractivity (Wildman–Crippen MR) is 101 cm³/mol. The van der Waals surface area contributed by atoms with E-state index in [-0.39, 0.29) is 11.4 Å². The summed E-state index contributed by atoms with van der Waals surface area (Å²) in [6.07, 6.45) is 0. The standard InChI is InChI=1S/C22H22O3/c1-22(2,3)19-14-16(24-4)12-13-20(19)25-21(23)18-11-7-9-15-8-5-6-10-17(15)18/h5-14H,1-4H3. The van der Waals surface area contributed by atoms with Crippen molar-refractivity contribution in [1.82, 2.24) is 0 Å². The van der Waals surface area contributed by atoms with Gasteiger partial charge in [-0.25, -0.2) is 4.79 Å². The first-order valence-electron chi connectivity index (χ1n) is 8.28. The van der Waals surface area contributed by atoms with Crippen LogP contribution in [0.15, 0.2) is 60.7 Å². The summed E-state index contributed by atoms with van der Waals surface area (Å²) in [7, 11) is 1.63. The molecule has 0 unspecified atom stereocenters. The quantitative estimate of drug-likeness (QED) is 0.477. The van der Waals surface area contributed by atoms with Gasteiger partial charge in [0.05, 0.1) is 12.7 Å². The molecule has 0 radical (unpaired) electrons. The average molecular weight is 334 g/mol. The Hall–Kier alpha value is -2.81. The summed E-state index contributed by atoms with van der Waals surface area (Å²) in [4.78, 5) is 12.8. The third-order valence-electron chi connectivity index (χ3n) is 4.21. The second kappa shape index (κ2) is 6.60. The summed E-state index contributed by atoms with van der Waals surface area (Å²) in [5.74, 6) is 0.952. The van der Waals surface area contributed by atoms with Crippen LogP contribution >= 0.6 is 0 Å². The minimum absolute atomic E-state index is 0.178. The molecule has 0 N–H and O–H groups in total. The highest BCUT2D eigenvalue weighted by Gasteiger charge is 2.22. The Kier molecular flexibility index (Phi) is 4.49. The molecule has 0 aliphatic carbocycles. The van der Waals surface area contributed by atoms with Crippen molar-refractivity contribution in [2.45, 2.75) is 26.2 Å². The molecule has 0 spiro atoms. The highest BCUT2D eigenvalue weighted by Crippen LogP contribution is 2.35. The first-order valence-corrected chi connectivity index (χ1v) is 8.28. The van der Waals surface area contributed by atoms with E-state index in [0.717, 1.165) is 22.1 Å². The summed E-state index contributed by atoms with van der Waals surface area (Å²) >= 11 is 0. The zero-order valence-electron chi connectivity index (χ0n) is 15.0. The van der Waals surface area contributed by atoms with Crippen molar-refractivity contribution >= 4 is 16.7 Å². The van der Waals surface area contributed by atoms with Gasteiger partial charge in [0.1, 0.15) is 11.5 Å². The monoisotopic (exact) mass is 334 g/mol. The average Bonchev–Trinajstić information content (AvgIpc) is 2.60. The van der Waals surface area contributed by atoms with E-state index in [4.69, 9.17) is 9.47 Å². The van der Waals surface area contributed by atoms with Gasteiger partial charge in [0.2, 0.25) is 0 Å². The van der Waals surface area contributed by atoms with Crippen LogP contribution < -0.4 is 9.47 Å². The highest BCUT2D eigenvalue weighted by molar-refractivity contribution is 6.05. The molecule has 128 valence electrons. The highest BCUT2D eigenvalue weighted by atomic mass is 16.5. The Balaban J connectivity index is 2.01. The molecular formula is C22H22O3. The van der Waals surface area contributed by atoms with Crippen LogP contribution in [0.25, 0.3) is 10.8 Å². The van der Waals surface area contributed by atoms with Crippen molar-refractivity contribution in [3.8, 4) is 11.5 Å². The van der Waals surface area contributed by atoms with Crippen LogP contribution in [0.2, 0.25) is 0 Å². The summed E-state index contributed by atoms with van der Waals surface area (Å²) in [6, 6.07) is 19.0. The Morgan fingerprint density at radius 1 is 0.920 bits per heavy atom. The number of carbonyl (C=O) groups is 1. The summed E-state index contributed by atoms with van der Waals surface area (Å²) in [5.41, 5.74) is 1.32. The Bertz CT molecular complexity index is 915. The minimum atomic E-state index is -0.354. The number of fused-ring (bicyclic) bond motifs is 1. The number of methoxy groups -OCH3 is 1. The second-order valence-corrected chi connectivity index (χ2v) is 7.03. The van der Waals surface area contributed by atoms with E-state index >= 15 is 0 Å². The Labute approximate surface area is 148 Å². The van der Waals surface area contributed by atoms with Crippen LogP contribution in [0.3, 0.4) is 0 Å². The van der Waals surface area contributed by atoms with Gasteiger partial charge in [0, 0.05) is 5.56 Å². The van der Waals surface area contributed by atoms with Gasteiger partial charge in [-0.3, -0.25) is 0 Å². The van der Waals surface area contributed by atoms with Crippen molar-refractivity contribution < 1.29 is 14.3 Å². The third-order valence-corrected chi connectivity index (χ3v) is 4.21. The maximum atomic E-state index is 12.8. The molecule has 0 amide bonds.